The average molecular weight is 290 g/mol. The first-order chi connectivity index (χ1) is 9.69. The van der Waals surface area contributed by atoms with Crippen LogP contribution < -0.4 is 5.32 Å². The maximum absolute atomic E-state index is 5.99. The first-order valence-corrected chi connectivity index (χ1v) is 8.58. The third-order valence-corrected chi connectivity index (χ3v) is 6.29. The summed E-state index contributed by atoms with van der Waals surface area (Å²) in [7, 11) is 0. The van der Waals surface area contributed by atoms with Crippen molar-refractivity contribution in [3.8, 4) is 0 Å². The molecule has 1 atom stereocenters. The molecular formula is C18H24ClN. The zero-order valence-electron chi connectivity index (χ0n) is 12.2. The molecule has 0 heterocycles. The largest absolute Gasteiger partial charge is 0.307 e. The minimum atomic E-state index is 0.440. The molecule has 1 aromatic rings. The van der Waals surface area contributed by atoms with Crippen LogP contribution in [-0.2, 0) is 0 Å². The lowest BCUT2D eigenvalue weighted by Gasteiger charge is -2.55. The van der Waals surface area contributed by atoms with E-state index < -0.39 is 0 Å². The fourth-order valence-corrected chi connectivity index (χ4v) is 5.46. The smallest absolute Gasteiger partial charge is 0.0406 e. The van der Waals surface area contributed by atoms with E-state index in [1.165, 1.54) is 37.7 Å². The molecule has 4 aliphatic carbocycles. The molecule has 4 aliphatic rings. The quantitative estimate of drug-likeness (QED) is 0.841. The van der Waals surface area contributed by atoms with Crippen LogP contribution >= 0.6 is 11.6 Å². The van der Waals surface area contributed by atoms with Crippen molar-refractivity contribution < 1.29 is 0 Å². The Kier molecular flexibility index (Phi) is 3.31. The van der Waals surface area contributed by atoms with Gasteiger partial charge in [-0.2, -0.15) is 0 Å². The second-order valence-corrected chi connectivity index (χ2v) is 7.83. The van der Waals surface area contributed by atoms with E-state index in [2.05, 4.69) is 24.4 Å². The summed E-state index contributed by atoms with van der Waals surface area (Å²) >= 11 is 5.99. The monoisotopic (exact) mass is 289 g/mol. The van der Waals surface area contributed by atoms with Gasteiger partial charge in [-0.1, -0.05) is 23.7 Å². The van der Waals surface area contributed by atoms with Crippen LogP contribution in [0.5, 0.6) is 0 Å². The van der Waals surface area contributed by atoms with Crippen LogP contribution in [-0.4, -0.2) is 6.04 Å². The molecule has 4 fully saturated rings. The first kappa shape index (κ1) is 13.2. The molecule has 5 rings (SSSR count). The molecule has 0 unspecified atom stereocenters. The van der Waals surface area contributed by atoms with Gasteiger partial charge in [0, 0.05) is 17.1 Å². The van der Waals surface area contributed by atoms with Crippen LogP contribution in [0.1, 0.15) is 50.6 Å². The van der Waals surface area contributed by atoms with Crippen LogP contribution in [0, 0.1) is 23.7 Å². The summed E-state index contributed by atoms with van der Waals surface area (Å²) in [6.45, 7) is 2.30. The third kappa shape index (κ3) is 2.29. The Morgan fingerprint density at radius 1 is 0.950 bits per heavy atom. The molecule has 0 saturated heterocycles. The van der Waals surface area contributed by atoms with Gasteiger partial charge < -0.3 is 5.32 Å². The van der Waals surface area contributed by atoms with Crippen molar-refractivity contribution in [3.63, 3.8) is 0 Å². The van der Waals surface area contributed by atoms with Gasteiger partial charge in [-0.15, -0.1) is 0 Å². The summed E-state index contributed by atoms with van der Waals surface area (Å²) in [6, 6.07) is 9.53. The van der Waals surface area contributed by atoms with Gasteiger partial charge in [0.1, 0.15) is 0 Å². The van der Waals surface area contributed by atoms with Crippen LogP contribution in [0.4, 0.5) is 0 Å². The van der Waals surface area contributed by atoms with E-state index in [9.17, 15) is 0 Å². The minimum Gasteiger partial charge on any atom is -0.307 e. The zero-order chi connectivity index (χ0) is 13.7. The summed E-state index contributed by atoms with van der Waals surface area (Å²) in [6.07, 6.45) is 7.47. The Balaban J connectivity index is 1.47. The fraction of sp³-hybridized carbons (Fsp3) is 0.667. The molecule has 1 N–H and O–H groups in total. The lowest BCUT2D eigenvalue weighted by Crippen LogP contribution is -2.54. The molecule has 0 aromatic heterocycles. The highest BCUT2D eigenvalue weighted by atomic mass is 35.5. The van der Waals surface area contributed by atoms with Crippen molar-refractivity contribution in [3.05, 3.63) is 34.9 Å². The highest BCUT2D eigenvalue weighted by molar-refractivity contribution is 6.30. The Bertz CT molecular complexity index is 453. The van der Waals surface area contributed by atoms with Crippen LogP contribution in [0.25, 0.3) is 0 Å². The molecule has 2 heteroatoms. The van der Waals surface area contributed by atoms with Crippen LogP contribution in [0.15, 0.2) is 24.3 Å². The molecule has 4 bridgehead atoms. The third-order valence-electron chi connectivity index (χ3n) is 6.04. The van der Waals surface area contributed by atoms with E-state index in [1.54, 1.807) is 0 Å². The predicted octanol–water partition coefficient (Wildman–Crippen LogP) is 4.82. The van der Waals surface area contributed by atoms with Crippen LogP contribution in [0.3, 0.4) is 0 Å². The molecule has 0 spiro atoms. The second-order valence-electron chi connectivity index (χ2n) is 7.40. The average Bonchev–Trinajstić information content (AvgIpc) is 2.42. The number of benzene rings is 1. The number of halogens is 1. The van der Waals surface area contributed by atoms with E-state index in [-0.39, 0.29) is 0 Å². The molecule has 20 heavy (non-hydrogen) atoms. The predicted molar refractivity (Wildman–Crippen MR) is 83.8 cm³/mol. The number of hydrogen-bond acceptors (Lipinski definition) is 1. The summed E-state index contributed by atoms with van der Waals surface area (Å²) in [5.74, 6) is 4.00. The molecule has 4 saturated carbocycles. The summed E-state index contributed by atoms with van der Waals surface area (Å²) in [5, 5.41) is 4.78. The van der Waals surface area contributed by atoms with Gasteiger partial charge in [0.15, 0.2) is 0 Å². The first-order valence-electron chi connectivity index (χ1n) is 8.20. The van der Waals surface area contributed by atoms with Gasteiger partial charge in [0.2, 0.25) is 0 Å². The fourth-order valence-electron chi connectivity index (χ4n) is 5.33. The highest BCUT2D eigenvalue weighted by Crippen LogP contribution is 2.54. The molecule has 0 radical (unpaired) electrons. The van der Waals surface area contributed by atoms with Gasteiger partial charge in [-0.25, -0.2) is 0 Å². The molecule has 108 valence electrons. The van der Waals surface area contributed by atoms with Gasteiger partial charge in [0.05, 0.1) is 0 Å². The second kappa shape index (κ2) is 5.03. The Morgan fingerprint density at radius 2 is 1.50 bits per heavy atom. The number of hydrogen-bond donors (Lipinski definition) is 1. The van der Waals surface area contributed by atoms with Crippen molar-refractivity contribution in [1.82, 2.24) is 5.32 Å². The molecule has 0 amide bonds. The number of rotatable bonds is 3. The highest BCUT2D eigenvalue weighted by Gasteiger charge is 2.48. The normalized spacial score (nSPS) is 40.0. The Hall–Kier alpha value is -0.530. The topological polar surface area (TPSA) is 12.0 Å². The van der Waals surface area contributed by atoms with E-state index >= 15 is 0 Å². The maximum atomic E-state index is 5.99. The lowest BCUT2D eigenvalue weighted by atomic mass is 9.54. The van der Waals surface area contributed by atoms with Crippen molar-refractivity contribution in [2.45, 2.75) is 51.1 Å². The molecule has 0 aliphatic heterocycles. The lowest BCUT2D eigenvalue weighted by molar-refractivity contribution is -0.0171. The maximum Gasteiger partial charge on any atom is 0.0406 e. The zero-order valence-corrected chi connectivity index (χ0v) is 12.9. The van der Waals surface area contributed by atoms with Crippen LogP contribution in [0.2, 0.25) is 5.02 Å². The van der Waals surface area contributed by atoms with Gasteiger partial charge in [-0.05, 0) is 80.4 Å². The van der Waals surface area contributed by atoms with E-state index in [0.29, 0.717) is 6.04 Å². The van der Waals surface area contributed by atoms with Gasteiger partial charge >= 0.3 is 0 Å². The SMILES string of the molecule is C[C@H](NC1C2CC3CC(C2)CC1C3)c1ccc(Cl)cc1. The Labute approximate surface area is 127 Å². The summed E-state index contributed by atoms with van der Waals surface area (Å²) in [4.78, 5) is 0. The van der Waals surface area contributed by atoms with Crippen molar-refractivity contribution in [1.29, 1.82) is 0 Å². The molecule has 1 nitrogen and oxygen atoms in total. The summed E-state index contributed by atoms with van der Waals surface area (Å²) < 4.78 is 0. The minimum absolute atomic E-state index is 0.440. The Morgan fingerprint density at radius 3 is 2.05 bits per heavy atom. The van der Waals surface area contributed by atoms with Crippen molar-refractivity contribution in [2.75, 3.05) is 0 Å². The number of nitrogens with one attached hydrogen (secondary N) is 1. The van der Waals surface area contributed by atoms with Crippen molar-refractivity contribution in [2.24, 2.45) is 23.7 Å². The molecule has 1 aromatic carbocycles. The van der Waals surface area contributed by atoms with Crippen molar-refractivity contribution >= 4 is 11.6 Å². The molecular weight excluding hydrogens is 266 g/mol. The summed E-state index contributed by atoms with van der Waals surface area (Å²) in [5.41, 5.74) is 1.36. The van der Waals surface area contributed by atoms with Gasteiger partial charge in [-0.3, -0.25) is 0 Å². The van der Waals surface area contributed by atoms with E-state index in [4.69, 9.17) is 11.6 Å². The van der Waals surface area contributed by atoms with Gasteiger partial charge in [0.25, 0.3) is 0 Å². The van der Waals surface area contributed by atoms with E-state index in [1.807, 2.05) is 12.1 Å². The standard InChI is InChI=1S/C18H24ClN/c1-11(14-2-4-17(19)5-3-14)20-18-15-7-12-6-13(9-15)10-16(18)8-12/h2-5,11-13,15-16,18,20H,6-10H2,1H3/t11-,12?,13?,15?,16?,18?/m0/s1. The van der Waals surface area contributed by atoms with E-state index in [0.717, 1.165) is 34.7 Å².